The number of rotatable bonds is 6. The minimum absolute atomic E-state index is 0.275. The maximum Gasteiger partial charge on any atom is 0.267 e. The molecule has 0 radical (unpaired) electrons. The van der Waals surface area contributed by atoms with E-state index in [9.17, 15) is 4.79 Å². The van der Waals surface area contributed by atoms with E-state index < -0.39 is 0 Å². The second kappa shape index (κ2) is 8.06. The third kappa shape index (κ3) is 4.76. The Hall–Kier alpha value is -1.21. The van der Waals surface area contributed by atoms with E-state index in [0.717, 1.165) is 15.8 Å². The summed E-state index contributed by atoms with van der Waals surface area (Å²) in [7, 11) is 1.59. The fourth-order valence-corrected chi connectivity index (χ4v) is 2.17. The number of benzene rings is 1. The predicted octanol–water partition coefficient (Wildman–Crippen LogP) is 1.36. The number of carbonyl (C=O) groups excluding carboxylic acids is 1. The average molecular weight is 346 g/mol. The van der Waals surface area contributed by atoms with Crippen molar-refractivity contribution in [2.75, 3.05) is 19.4 Å². The van der Waals surface area contributed by atoms with Crippen LogP contribution in [0.1, 0.15) is 5.56 Å². The number of nitrogens with zero attached hydrogens (tertiary/aromatic N) is 1. The normalized spacial score (nSPS) is 11.2. The maximum absolute atomic E-state index is 11.8. The van der Waals surface area contributed by atoms with E-state index in [2.05, 4.69) is 39.0 Å². The van der Waals surface area contributed by atoms with Crippen LogP contribution in [-0.4, -0.2) is 31.0 Å². The van der Waals surface area contributed by atoms with Crippen LogP contribution in [-0.2, 0) is 11.2 Å². The number of nitrogens with one attached hydrogen (secondary N) is 1. The minimum atomic E-state index is -0.275. The standard InChI is InChI=1S/C12H16BrN3O2S/c1-18-11-3-2-8(6-9(11)13)7-10(16-14)12(17)15-4-5-19/h2-3,6,19H,4-5,7,14H2,1H3,(H,15,17)/b16-10+. The Morgan fingerprint density at radius 2 is 2.32 bits per heavy atom. The lowest BCUT2D eigenvalue weighted by Gasteiger charge is -2.08. The number of carbonyl (C=O) groups is 1. The first-order valence-electron chi connectivity index (χ1n) is 5.60. The number of methoxy groups -OCH3 is 1. The fraction of sp³-hybridized carbons (Fsp3) is 0.333. The topological polar surface area (TPSA) is 76.7 Å². The molecule has 0 heterocycles. The van der Waals surface area contributed by atoms with Crippen molar-refractivity contribution >= 4 is 40.2 Å². The van der Waals surface area contributed by atoms with Crippen LogP contribution in [0.3, 0.4) is 0 Å². The number of thiol groups is 1. The molecule has 0 spiro atoms. The van der Waals surface area contributed by atoms with Gasteiger partial charge in [0.2, 0.25) is 0 Å². The summed E-state index contributed by atoms with van der Waals surface area (Å²) in [6, 6.07) is 5.55. The van der Waals surface area contributed by atoms with Gasteiger partial charge in [-0.2, -0.15) is 17.7 Å². The van der Waals surface area contributed by atoms with Gasteiger partial charge in [-0.1, -0.05) is 6.07 Å². The molecule has 19 heavy (non-hydrogen) atoms. The van der Waals surface area contributed by atoms with E-state index in [-0.39, 0.29) is 11.6 Å². The van der Waals surface area contributed by atoms with Gasteiger partial charge in [0.25, 0.3) is 5.91 Å². The molecule has 3 N–H and O–H groups in total. The van der Waals surface area contributed by atoms with E-state index in [4.69, 9.17) is 10.6 Å². The molecule has 0 unspecified atom stereocenters. The van der Waals surface area contributed by atoms with Gasteiger partial charge in [0, 0.05) is 18.7 Å². The monoisotopic (exact) mass is 345 g/mol. The molecule has 0 aliphatic carbocycles. The molecule has 0 aromatic heterocycles. The molecule has 1 aromatic carbocycles. The summed E-state index contributed by atoms with van der Waals surface area (Å²) in [5.74, 6) is 6.28. The molecule has 0 atom stereocenters. The summed E-state index contributed by atoms with van der Waals surface area (Å²) in [6.45, 7) is 0.479. The first-order valence-corrected chi connectivity index (χ1v) is 7.03. The van der Waals surface area contributed by atoms with Crippen LogP contribution in [0.4, 0.5) is 0 Å². The lowest BCUT2D eigenvalue weighted by Crippen LogP contribution is -2.34. The zero-order valence-corrected chi connectivity index (χ0v) is 13.0. The highest BCUT2D eigenvalue weighted by atomic mass is 79.9. The van der Waals surface area contributed by atoms with Crippen molar-refractivity contribution in [3.63, 3.8) is 0 Å². The number of amides is 1. The molecule has 1 aromatic rings. The van der Waals surface area contributed by atoms with Crippen LogP contribution < -0.4 is 15.9 Å². The average Bonchev–Trinajstić information content (AvgIpc) is 2.42. The fourth-order valence-electron chi connectivity index (χ4n) is 1.47. The van der Waals surface area contributed by atoms with Crippen molar-refractivity contribution in [1.29, 1.82) is 0 Å². The van der Waals surface area contributed by atoms with Gasteiger partial charge in [-0.15, -0.1) is 0 Å². The van der Waals surface area contributed by atoms with Crippen molar-refractivity contribution in [3.05, 3.63) is 28.2 Å². The van der Waals surface area contributed by atoms with E-state index >= 15 is 0 Å². The Labute approximate surface area is 126 Å². The first-order chi connectivity index (χ1) is 9.12. The van der Waals surface area contributed by atoms with E-state index in [1.807, 2.05) is 18.2 Å². The number of halogens is 1. The number of nitrogens with two attached hydrogens (primary N) is 1. The Morgan fingerprint density at radius 3 is 2.84 bits per heavy atom. The Bertz CT molecular complexity index is 480. The summed E-state index contributed by atoms with van der Waals surface area (Å²) in [5.41, 5.74) is 1.19. The molecule has 104 valence electrons. The molecule has 0 saturated heterocycles. The van der Waals surface area contributed by atoms with Crippen LogP contribution in [0.5, 0.6) is 5.75 Å². The smallest absolute Gasteiger partial charge is 0.267 e. The Morgan fingerprint density at radius 1 is 1.58 bits per heavy atom. The summed E-state index contributed by atoms with van der Waals surface area (Å²) in [4.78, 5) is 11.8. The molecule has 0 fully saturated rings. The first kappa shape index (κ1) is 15.8. The van der Waals surface area contributed by atoms with Crippen LogP contribution in [0.15, 0.2) is 27.8 Å². The molecule has 0 bridgehead atoms. The Kier molecular flexibility index (Phi) is 6.72. The second-order valence-corrected chi connectivity index (χ2v) is 5.00. The molecule has 7 heteroatoms. The largest absolute Gasteiger partial charge is 0.496 e. The van der Waals surface area contributed by atoms with Gasteiger partial charge >= 0.3 is 0 Å². The molecular weight excluding hydrogens is 330 g/mol. The Balaban J connectivity index is 2.76. The molecule has 0 aliphatic heterocycles. The SMILES string of the molecule is COc1ccc(C/C(=N\N)C(=O)NCCS)cc1Br. The number of hydrogen-bond acceptors (Lipinski definition) is 5. The van der Waals surface area contributed by atoms with Gasteiger partial charge in [-0.3, -0.25) is 4.79 Å². The summed E-state index contributed by atoms with van der Waals surface area (Å²) < 4.78 is 5.96. The third-order valence-corrected chi connectivity index (χ3v) is 3.25. The molecule has 1 amide bonds. The van der Waals surface area contributed by atoms with Crippen molar-refractivity contribution < 1.29 is 9.53 Å². The number of hydrogen-bond donors (Lipinski definition) is 3. The van der Waals surface area contributed by atoms with Crippen molar-refractivity contribution in [2.24, 2.45) is 10.9 Å². The highest BCUT2D eigenvalue weighted by Crippen LogP contribution is 2.25. The van der Waals surface area contributed by atoms with Crippen molar-refractivity contribution in [2.45, 2.75) is 6.42 Å². The molecule has 0 saturated carbocycles. The molecule has 0 aliphatic rings. The quantitative estimate of drug-likeness (QED) is 0.315. The van der Waals surface area contributed by atoms with E-state index in [1.54, 1.807) is 7.11 Å². The van der Waals surface area contributed by atoms with Gasteiger partial charge in [0.05, 0.1) is 11.6 Å². The van der Waals surface area contributed by atoms with Crippen LogP contribution in [0, 0.1) is 0 Å². The summed E-state index contributed by atoms with van der Waals surface area (Å²) in [5, 5.41) is 6.22. The van der Waals surface area contributed by atoms with E-state index in [0.29, 0.717) is 18.7 Å². The predicted molar refractivity (Wildman–Crippen MR) is 82.9 cm³/mol. The van der Waals surface area contributed by atoms with Gasteiger partial charge in [0.15, 0.2) is 0 Å². The highest BCUT2D eigenvalue weighted by Gasteiger charge is 2.12. The lowest BCUT2D eigenvalue weighted by molar-refractivity contribution is -0.114. The zero-order chi connectivity index (χ0) is 14.3. The third-order valence-electron chi connectivity index (χ3n) is 2.40. The van der Waals surface area contributed by atoms with Gasteiger partial charge in [0.1, 0.15) is 11.5 Å². The van der Waals surface area contributed by atoms with Crippen LogP contribution in [0.25, 0.3) is 0 Å². The molecule has 1 rings (SSSR count). The van der Waals surface area contributed by atoms with Crippen LogP contribution in [0.2, 0.25) is 0 Å². The number of ether oxygens (including phenoxy) is 1. The molecular formula is C12H16BrN3O2S. The van der Waals surface area contributed by atoms with Crippen molar-refractivity contribution in [1.82, 2.24) is 5.32 Å². The van der Waals surface area contributed by atoms with Crippen LogP contribution >= 0.6 is 28.6 Å². The maximum atomic E-state index is 11.8. The van der Waals surface area contributed by atoms with Gasteiger partial charge < -0.3 is 15.9 Å². The van der Waals surface area contributed by atoms with Gasteiger partial charge in [-0.05, 0) is 33.6 Å². The second-order valence-electron chi connectivity index (χ2n) is 3.70. The lowest BCUT2D eigenvalue weighted by atomic mass is 10.1. The summed E-state index contributed by atoms with van der Waals surface area (Å²) in [6.07, 6.45) is 0.359. The van der Waals surface area contributed by atoms with Gasteiger partial charge in [-0.25, -0.2) is 0 Å². The molecule has 5 nitrogen and oxygen atoms in total. The van der Waals surface area contributed by atoms with Crippen molar-refractivity contribution in [3.8, 4) is 5.75 Å². The summed E-state index contributed by atoms with van der Waals surface area (Å²) >= 11 is 7.41. The number of hydrazone groups is 1. The minimum Gasteiger partial charge on any atom is -0.496 e. The highest BCUT2D eigenvalue weighted by molar-refractivity contribution is 9.10. The van der Waals surface area contributed by atoms with E-state index in [1.165, 1.54) is 0 Å². The zero-order valence-electron chi connectivity index (χ0n) is 10.5.